The van der Waals surface area contributed by atoms with E-state index in [0.717, 1.165) is 11.1 Å². The fourth-order valence-electron chi connectivity index (χ4n) is 3.41. The van der Waals surface area contributed by atoms with Gasteiger partial charge in [-0.25, -0.2) is 5.10 Å². The van der Waals surface area contributed by atoms with Crippen LogP contribution in [0.2, 0.25) is 0 Å². The fraction of sp³-hybridized carbons (Fsp3) is 0.182. The van der Waals surface area contributed by atoms with Crippen LogP contribution in [-0.4, -0.2) is 33.5 Å². The molecule has 2 amide bonds. The number of benzene rings is 2. The van der Waals surface area contributed by atoms with E-state index in [1.807, 2.05) is 36.4 Å². The second-order valence-electron chi connectivity index (χ2n) is 7.04. The predicted octanol–water partition coefficient (Wildman–Crippen LogP) is 2.42. The molecule has 1 fully saturated rings. The molecular formula is C22H20N4O3. The molecule has 1 aliphatic heterocycles. The number of aromatic nitrogens is 2. The summed E-state index contributed by atoms with van der Waals surface area (Å²) in [5.41, 5.74) is 2.76. The molecule has 4 rings (SSSR count). The van der Waals surface area contributed by atoms with Crippen LogP contribution in [0.5, 0.6) is 0 Å². The van der Waals surface area contributed by atoms with Gasteiger partial charge in [-0.05, 0) is 23.8 Å². The van der Waals surface area contributed by atoms with Gasteiger partial charge in [0.15, 0.2) is 0 Å². The van der Waals surface area contributed by atoms with Crippen LogP contribution in [0.4, 0.5) is 5.69 Å². The molecule has 7 heteroatoms. The summed E-state index contributed by atoms with van der Waals surface area (Å²) >= 11 is 0. The number of likely N-dealkylation sites (tertiary alicyclic amines) is 1. The molecule has 0 aliphatic carbocycles. The molecule has 7 nitrogen and oxygen atoms in total. The maximum atomic E-state index is 12.7. The predicted molar refractivity (Wildman–Crippen MR) is 109 cm³/mol. The smallest absolute Gasteiger partial charge is 0.264 e. The van der Waals surface area contributed by atoms with Crippen molar-refractivity contribution in [1.82, 2.24) is 15.1 Å². The number of nitrogens with one attached hydrogen (secondary N) is 2. The van der Waals surface area contributed by atoms with Crippen molar-refractivity contribution in [2.75, 3.05) is 11.9 Å². The van der Waals surface area contributed by atoms with Crippen molar-refractivity contribution >= 4 is 17.5 Å². The molecular weight excluding hydrogens is 368 g/mol. The molecule has 0 spiro atoms. The maximum absolute atomic E-state index is 12.7. The molecule has 0 saturated carbocycles. The summed E-state index contributed by atoms with van der Waals surface area (Å²) in [5, 5.41) is 9.29. The van der Waals surface area contributed by atoms with Crippen molar-refractivity contribution in [2.24, 2.45) is 5.92 Å². The molecule has 1 unspecified atom stereocenters. The van der Waals surface area contributed by atoms with Gasteiger partial charge in [-0.15, -0.1) is 0 Å². The van der Waals surface area contributed by atoms with Crippen molar-refractivity contribution in [1.29, 1.82) is 0 Å². The lowest BCUT2D eigenvalue weighted by molar-refractivity contribution is -0.128. The third kappa shape index (κ3) is 4.40. The Morgan fingerprint density at radius 3 is 2.66 bits per heavy atom. The van der Waals surface area contributed by atoms with E-state index in [0.29, 0.717) is 24.5 Å². The highest BCUT2D eigenvalue weighted by Crippen LogP contribution is 2.24. The Kier molecular flexibility index (Phi) is 5.20. The molecule has 146 valence electrons. The number of carbonyl (C=O) groups is 2. The summed E-state index contributed by atoms with van der Waals surface area (Å²) in [6.07, 6.45) is 0.208. The van der Waals surface area contributed by atoms with Crippen LogP contribution in [0.1, 0.15) is 12.0 Å². The van der Waals surface area contributed by atoms with Gasteiger partial charge in [0.05, 0.1) is 11.6 Å². The highest BCUT2D eigenvalue weighted by molar-refractivity contribution is 5.97. The zero-order valence-corrected chi connectivity index (χ0v) is 15.7. The molecule has 2 N–H and O–H groups in total. The first-order chi connectivity index (χ1) is 14.1. The number of amides is 2. The van der Waals surface area contributed by atoms with E-state index >= 15 is 0 Å². The van der Waals surface area contributed by atoms with Crippen molar-refractivity contribution < 1.29 is 9.59 Å². The lowest BCUT2D eigenvalue weighted by Gasteiger charge is -2.16. The maximum Gasteiger partial charge on any atom is 0.264 e. The third-order valence-corrected chi connectivity index (χ3v) is 4.91. The van der Waals surface area contributed by atoms with Gasteiger partial charge in [0.25, 0.3) is 5.56 Å². The van der Waals surface area contributed by atoms with Crippen molar-refractivity contribution in [3.8, 4) is 11.3 Å². The monoisotopic (exact) mass is 388 g/mol. The number of hydrogen-bond acceptors (Lipinski definition) is 4. The first-order valence-electron chi connectivity index (χ1n) is 9.37. The summed E-state index contributed by atoms with van der Waals surface area (Å²) in [6.45, 7) is 0.914. The highest BCUT2D eigenvalue weighted by atomic mass is 16.2. The molecule has 1 aliphatic rings. The Balaban J connectivity index is 1.42. The number of aromatic amines is 1. The minimum atomic E-state index is -0.388. The van der Waals surface area contributed by atoms with E-state index in [4.69, 9.17) is 0 Å². The van der Waals surface area contributed by atoms with Crippen molar-refractivity contribution in [3.05, 3.63) is 82.6 Å². The summed E-state index contributed by atoms with van der Waals surface area (Å²) in [6, 6.07) is 20.0. The molecule has 2 aromatic carbocycles. The first kappa shape index (κ1) is 18.6. The first-order valence-corrected chi connectivity index (χ1v) is 9.37. The summed E-state index contributed by atoms with van der Waals surface area (Å²) in [4.78, 5) is 37.9. The van der Waals surface area contributed by atoms with Crippen LogP contribution >= 0.6 is 0 Å². The molecule has 0 radical (unpaired) electrons. The molecule has 29 heavy (non-hydrogen) atoms. The van der Waals surface area contributed by atoms with Gasteiger partial charge in [-0.3, -0.25) is 14.4 Å². The SMILES string of the molecule is O=C(Nc1cccc(-c2ccc(=O)[nH]n2)c1)C1CC(=O)N(Cc2ccccc2)C1. The average molecular weight is 388 g/mol. The summed E-state index contributed by atoms with van der Waals surface area (Å²) in [5.74, 6) is -0.582. The van der Waals surface area contributed by atoms with Crippen LogP contribution in [0.15, 0.2) is 71.5 Å². The van der Waals surface area contributed by atoms with E-state index in [1.165, 1.54) is 6.07 Å². The van der Waals surface area contributed by atoms with Gasteiger partial charge >= 0.3 is 0 Å². The Morgan fingerprint density at radius 1 is 1.07 bits per heavy atom. The van der Waals surface area contributed by atoms with Crippen molar-refractivity contribution in [2.45, 2.75) is 13.0 Å². The largest absolute Gasteiger partial charge is 0.338 e. The second-order valence-corrected chi connectivity index (χ2v) is 7.04. The zero-order chi connectivity index (χ0) is 20.2. The average Bonchev–Trinajstić information content (AvgIpc) is 3.10. The van der Waals surface area contributed by atoms with Crippen LogP contribution in [-0.2, 0) is 16.1 Å². The summed E-state index contributed by atoms with van der Waals surface area (Å²) in [7, 11) is 0. The van der Waals surface area contributed by atoms with Crippen LogP contribution in [0.25, 0.3) is 11.3 Å². The Hall–Kier alpha value is -3.74. The second kappa shape index (κ2) is 8.10. The number of hydrogen-bond donors (Lipinski definition) is 2. The topological polar surface area (TPSA) is 95.2 Å². The van der Waals surface area contributed by atoms with E-state index in [1.54, 1.807) is 29.2 Å². The lowest BCUT2D eigenvalue weighted by atomic mass is 10.1. The minimum Gasteiger partial charge on any atom is -0.338 e. The Bertz CT molecular complexity index is 1070. The normalized spacial score (nSPS) is 16.1. The van der Waals surface area contributed by atoms with E-state index in [2.05, 4.69) is 15.5 Å². The van der Waals surface area contributed by atoms with Gasteiger partial charge in [0.2, 0.25) is 11.8 Å². The number of anilines is 1. The molecule has 0 bridgehead atoms. The number of H-pyrrole nitrogens is 1. The van der Waals surface area contributed by atoms with Gasteiger partial charge in [0, 0.05) is 36.8 Å². The van der Waals surface area contributed by atoms with Crippen LogP contribution in [0.3, 0.4) is 0 Å². The Morgan fingerprint density at radius 2 is 1.90 bits per heavy atom. The molecule has 2 heterocycles. The third-order valence-electron chi connectivity index (χ3n) is 4.91. The minimum absolute atomic E-state index is 0.0137. The lowest BCUT2D eigenvalue weighted by Crippen LogP contribution is -2.28. The zero-order valence-electron chi connectivity index (χ0n) is 15.7. The van der Waals surface area contributed by atoms with Crippen molar-refractivity contribution in [3.63, 3.8) is 0 Å². The highest BCUT2D eigenvalue weighted by Gasteiger charge is 2.34. The number of carbonyl (C=O) groups excluding carboxylic acids is 2. The summed E-state index contributed by atoms with van der Waals surface area (Å²) < 4.78 is 0. The quantitative estimate of drug-likeness (QED) is 0.702. The fourth-order valence-corrected chi connectivity index (χ4v) is 3.41. The molecule has 1 saturated heterocycles. The van der Waals surface area contributed by atoms with Gasteiger partial charge in [-0.1, -0.05) is 42.5 Å². The molecule has 1 aromatic heterocycles. The van der Waals surface area contributed by atoms with Gasteiger partial charge in [-0.2, -0.15) is 5.10 Å². The van der Waals surface area contributed by atoms with E-state index in [9.17, 15) is 14.4 Å². The van der Waals surface area contributed by atoms with Gasteiger partial charge in [0.1, 0.15) is 0 Å². The molecule has 1 atom stereocenters. The standard InChI is InChI=1S/C22H20N4O3/c27-20-10-9-19(24-25-20)16-7-4-8-18(11-16)23-22(29)17-12-21(28)26(14-17)13-15-5-2-1-3-6-15/h1-11,17H,12-14H2,(H,23,29)(H,25,27). The Labute approximate surface area is 167 Å². The van der Waals surface area contributed by atoms with Crippen LogP contribution in [0, 0.1) is 5.92 Å². The number of rotatable bonds is 5. The number of nitrogens with zero attached hydrogens (tertiary/aromatic N) is 2. The van der Waals surface area contributed by atoms with Crippen LogP contribution < -0.4 is 10.9 Å². The van der Waals surface area contributed by atoms with E-state index in [-0.39, 0.29) is 29.7 Å². The molecule has 3 aromatic rings. The van der Waals surface area contributed by atoms with Gasteiger partial charge < -0.3 is 10.2 Å². The van der Waals surface area contributed by atoms with E-state index < -0.39 is 0 Å².